The second-order valence-corrected chi connectivity index (χ2v) is 2.98. The molecule has 0 rings (SSSR count). The lowest BCUT2D eigenvalue weighted by atomic mass is 10.0. The molecule has 0 aliphatic carbocycles. The van der Waals surface area contributed by atoms with Crippen molar-refractivity contribution < 1.29 is 5.11 Å². The van der Waals surface area contributed by atoms with E-state index in [0.29, 0.717) is 5.88 Å². The first kappa shape index (κ1) is 8.25. The first-order chi connectivity index (χ1) is 3.56. The lowest BCUT2D eigenvalue weighted by Gasteiger charge is -2.14. The number of hydrogen-bond acceptors (Lipinski definition) is 1. The minimum absolute atomic E-state index is 0.533. The van der Waals surface area contributed by atoms with E-state index in [2.05, 4.69) is 0 Å². The van der Waals surface area contributed by atoms with Crippen molar-refractivity contribution in [1.82, 2.24) is 0 Å². The first-order valence-electron chi connectivity index (χ1n) is 2.84. The Hall–Kier alpha value is 0.250. The summed E-state index contributed by atoms with van der Waals surface area (Å²) < 4.78 is 0. The van der Waals surface area contributed by atoms with E-state index in [-0.39, 0.29) is 0 Å². The van der Waals surface area contributed by atoms with Gasteiger partial charge in [-0.3, -0.25) is 0 Å². The zero-order chi connectivity index (χ0) is 6.62. The van der Waals surface area contributed by atoms with Crippen LogP contribution in [0.25, 0.3) is 0 Å². The van der Waals surface area contributed by atoms with Gasteiger partial charge in [-0.05, 0) is 26.7 Å². The first-order valence-corrected chi connectivity index (χ1v) is 3.38. The van der Waals surface area contributed by atoms with Crippen molar-refractivity contribution in [1.29, 1.82) is 0 Å². The van der Waals surface area contributed by atoms with E-state index in [1.54, 1.807) is 13.8 Å². The summed E-state index contributed by atoms with van der Waals surface area (Å²) in [6.45, 7) is 3.58. The highest BCUT2D eigenvalue weighted by Gasteiger charge is 2.09. The molecule has 0 aromatic heterocycles. The third-order valence-electron chi connectivity index (χ3n) is 0.922. The molecule has 0 aliphatic heterocycles. The van der Waals surface area contributed by atoms with Gasteiger partial charge < -0.3 is 5.11 Å². The highest BCUT2D eigenvalue weighted by Crippen LogP contribution is 2.09. The molecule has 0 saturated carbocycles. The normalized spacial score (nSPS) is 12.0. The predicted octanol–water partition coefficient (Wildman–Crippen LogP) is 1.78. The molecule has 0 fully saturated rings. The Balaban J connectivity index is 3.11. The Morgan fingerprint density at radius 1 is 1.50 bits per heavy atom. The Bertz CT molecular complexity index is 56.0. The molecule has 1 nitrogen and oxygen atoms in total. The standard InChI is InChI=1S/C6H13ClO/c1-6(2,8)4-3-5-7/h8H,3-5H2,1-2H3. The minimum atomic E-state index is -0.533. The highest BCUT2D eigenvalue weighted by atomic mass is 35.5. The molecule has 0 unspecified atom stereocenters. The summed E-state index contributed by atoms with van der Waals surface area (Å²) in [6.07, 6.45) is 1.68. The Kier molecular flexibility index (Phi) is 3.41. The minimum Gasteiger partial charge on any atom is -0.390 e. The Labute approximate surface area is 55.7 Å². The van der Waals surface area contributed by atoms with Crippen LogP contribution < -0.4 is 0 Å². The molecule has 0 bridgehead atoms. The van der Waals surface area contributed by atoms with Crippen molar-refractivity contribution in [2.75, 3.05) is 5.88 Å². The quantitative estimate of drug-likeness (QED) is 0.587. The topological polar surface area (TPSA) is 20.2 Å². The van der Waals surface area contributed by atoms with Gasteiger partial charge >= 0.3 is 0 Å². The average Bonchev–Trinajstić information content (AvgIpc) is 1.59. The second kappa shape index (κ2) is 3.31. The van der Waals surface area contributed by atoms with Crippen LogP contribution in [-0.2, 0) is 0 Å². The zero-order valence-corrected chi connectivity index (χ0v) is 6.20. The van der Waals surface area contributed by atoms with Crippen LogP contribution in [0.1, 0.15) is 26.7 Å². The van der Waals surface area contributed by atoms with Gasteiger partial charge in [0.05, 0.1) is 5.60 Å². The second-order valence-electron chi connectivity index (χ2n) is 2.60. The molecule has 50 valence electrons. The largest absolute Gasteiger partial charge is 0.390 e. The predicted molar refractivity (Wildman–Crippen MR) is 36.3 cm³/mol. The molecule has 1 N–H and O–H groups in total. The average molecular weight is 137 g/mol. The fourth-order valence-electron chi connectivity index (χ4n) is 0.499. The number of hydrogen-bond donors (Lipinski definition) is 1. The third kappa shape index (κ3) is 6.25. The van der Waals surface area contributed by atoms with Gasteiger partial charge in [-0.2, -0.15) is 0 Å². The fourth-order valence-corrected chi connectivity index (χ4v) is 0.633. The molecule has 0 saturated heterocycles. The summed E-state index contributed by atoms with van der Waals surface area (Å²) in [6, 6.07) is 0. The summed E-state index contributed by atoms with van der Waals surface area (Å²) in [5, 5.41) is 9.09. The van der Waals surface area contributed by atoms with E-state index < -0.39 is 5.60 Å². The maximum Gasteiger partial charge on any atom is 0.0592 e. The van der Waals surface area contributed by atoms with E-state index in [1.807, 2.05) is 0 Å². The van der Waals surface area contributed by atoms with Gasteiger partial charge in [0.15, 0.2) is 0 Å². The van der Waals surface area contributed by atoms with Crippen molar-refractivity contribution in [2.24, 2.45) is 0 Å². The summed E-state index contributed by atoms with van der Waals surface area (Å²) in [4.78, 5) is 0. The number of halogens is 1. The summed E-state index contributed by atoms with van der Waals surface area (Å²) in [5.41, 5.74) is -0.533. The molecule has 0 atom stereocenters. The fraction of sp³-hybridized carbons (Fsp3) is 1.00. The summed E-state index contributed by atoms with van der Waals surface area (Å²) in [7, 11) is 0. The lowest BCUT2D eigenvalue weighted by Crippen LogP contribution is -2.17. The van der Waals surface area contributed by atoms with Crippen LogP contribution in [0.3, 0.4) is 0 Å². The molecular weight excluding hydrogens is 124 g/mol. The maximum absolute atomic E-state index is 9.09. The summed E-state index contributed by atoms with van der Waals surface area (Å²) >= 11 is 5.40. The van der Waals surface area contributed by atoms with Gasteiger partial charge in [-0.15, -0.1) is 11.6 Å². The molecule has 0 spiro atoms. The lowest BCUT2D eigenvalue weighted by molar-refractivity contribution is 0.0705. The molecule has 0 aromatic carbocycles. The SMILES string of the molecule is CC(C)(O)CCCCl. The van der Waals surface area contributed by atoms with Gasteiger partial charge in [0.25, 0.3) is 0 Å². The van der Waals surface area contributed by atoms with Crippen molar-refractivity contribution in [3.63, 3.8) is 0 Å². The van der Waals surface area contributed by atoms with Crippen LogP contribution in [0.4, 0.5) is 0 Å². The molecule has 0 amide bonds. The van der Waals surface area contributed by atoms with Gasteiger partial charge in [0.2, 0.25) is 0 Å². The van der Waals surface area contributed by atoms with E-state index in [0.717, 1.165) is 12.8 Å². The summed E-state index contributed by atoms with van der Waals surface area (Å²) in [5.74, 6) is 0.643. The van der Waals surface area contributed by atoms with Gasteiger partial charge in [0, 0.05) is 5.88 Å². The van der Waals surface area contributed by atoms with E-state index in [4.69, 9.17) is 16.7 Å². The smallest absolute Gasteiger partial charge is 0.0592 e. The van der Waals surface area contributed by atoms with E-state index in [9.17, 15) is 0 Å². The maximum atomic E-state index is 9.09. The number of alkyl halides is 1. The number of rotatable bonds is 3. The zero-order valence-electron chi connectivity index (χ0n) is 5.45. The van der Waals surface area contributed by atoms with Crippen LogP contribution in [0.2, 0.25) is 0 Å². The molecule has 0 heterocycles. The van der Waals surface area contributed by atoms with Crippen LogP contribution >= 0.6 is 11.6 Å². The molecule has 0 aromatic rings. The van der Waals surface area contributed by atoms with Gasteiger partial charge in [-0.1, -0.05) is 0 Å². The monoisotopic (exact) mass is 136 g/mol. The van der Waals surface area contributed by atoms with Gasteiger partial charge in [0.1, 0.15) is 0 Å². The van der Waals surface area contributed by atoms with Crippen LogP contribution in [0.5, 0.6) is 0 Å². The van der Waals surface area contributed by atoms with Crippen molar-refractivity contribution >= 4 is 11.6 Å². The molecule has 2 heteroatoms. The highest BCUT2D eigenvalue weighted by molar-refractivity contribution is 6.17. The van der Waals surface area contributed by atoms with Crippen molar-refractivity contribution in [2.45, 2.75) is 32.3 Å². The van der Waals surface area contributed by atoms with E-state index in [1.165, 1.54) is 0 Å². The molecule has 0 aliphatic rings. The van der Waals surface area contributed by atoms with Crippen LogP contribution in [-0.4, -0.2) is 16.6 Å². The molecule has 0 radical (unpaired) electrons. The third-order valence-corrected chi connectivity index (χ3v) is 1.19. The van der Waals surface area contributed by atoms with E-state index >= 15 is 0 Å². The Morgan fingerprint density at radius 2 is 2.00 bits per heavy atom. The molecule has 8 heavy (non-hydrogen) atoms. The Morgan fingerprint density at radius 3 is 2.12 bits per heavy atom. The van der Waals surface area contributed by atoms with Crippen LogP contribution in [0.15, 0.2) is 0 Å². The molecular formula is C6H13ClO. The van der Waals surface area contributed by atoms with Gasteiger partial charge in [-0.25, -0.2) is 0 Å². The number of aliphatic hydroxyl groups is 1. The van der Waals surface area contributed by atoms with Crippen molar-refractivity contribution in [3.05, 3.63) is 0 Å². The van der Waals surface area contributed by atoms with Crippen LogP contribution in [0, 0.1) is 0 Å². The van der Waals surface area contributed by atoms with Crippen molar-refractivity contribution in [3.8, 4) is 0 Å².